The van der Waals surface area contributed by atoms with Crippen LogP contribution in [0.3, 0.4) is 0 Å². The predicted molar refractivity (Wildman–Crippen MR) is 94.6 cm³/mol. The number of fused-ring (bicyclic) bond motifs is 1. The summed E-state index contributed by atoms with van der Waals surface area (Å²) in [5.74, 6) is -0.118. The average Bonchev–Trinajstić information content (AvgIpc) is 3.21. The maximum atomic E-state index is 12.8. The number of amides is 1. The lowest BCUT2D eigenvalue weighted by molar-refractivity contribution is -0.133. The number of aromatic nitrogens is 3. The smallest absolute Gasteiger partial charge is 0.334 e. The number of hydrogen-bond acceptors (Lipinski definition) is 3. The Morgan fingerprint density at radius 1 is 1.20 bits per heavy atom. The van der Waals surface area contributed by atoms with E-state index in [0.29, 0.717) is 17.2 Å². The Morgan fingerprint density at radius 3 is 2.80 bits per heavy atom. The zero-order valence-corrected chi connectivity index (χ0v) is 14.3. The lowest BCUT2D eigenvalue weighted by atomic mass is 10.0. The highest BCUT2D eigenvalue weighted by Crippen LogP contribution is 2.35. The third kappa shape index (κ3) is 2.82. The number of carbonyl (C=O) groups is 1. The number of halogens is 1. The zero-order valence-electron chi connectivity index (χ0n) is 13.5. The van der Waals surface area contributed by atoms with E-state index in [1.165, 1.54) is 9.08 Å². The summed E-state index contributed by atoms with van der Waals surface area (Å²) in [5.41, 5.74) is 1.18. The molecule has 0 radical (unpaired) electrons. The number of benzene rings is 1. The molecule has 1 aliphatic rings. The van der Waals surface area contributed by atoms with Gasteiger partial charge in [-0.2, -0.15) is 0 Å². The molecule has 0 saturated carbocycles. The van der Waals surface area contributed by atoms with Crippen LogP contribution in [0.2, 0.25) is 5.02 Å². The van der Waals surface area contributed by atoms with Crippen LogP contribution in [-0.4, -0.2) is 31.5 Å². The minimum absolute atomic E-state index is 0.0473. The molecule has 6 nitrogen and oxygen atoms in total. The van der Waals surface area contributed by atoms with Gasteiger partial charge in [-0.1, -0.05) is 35.9 Å². The number of likely N-dealkylation sites (tertiary alicyclic amines) is 1. The second kappa shape index (κ2) is 6.37. The van der Waals surface area contributed by atoms with Crippen molar-refractivity contribution in [1.29, 1.82) is 0 Å². The van der Waals surface area contributed by atoms with Gasteiger partial charge in [-0.3, -0.25) is 9.20 Å². The monoisotopic (exact) mass is 356 g/mol. The molecular formula is C18H17ClN4O2. The van der Waals surface area contributed by atoms with E-state index >= 15 is 0 Å². The lowest BCUT2D eigenvalue weighted by Gasteiger charge is -2.25. The highest BCUT2D eigenvalue weighted by molar-refractivity contribution is 6.31. The van der Waals surface area contributed by atoms with Gasteiger partial charge < -0.3 is 4.90 Å². The first-order valence-electron chi connectivity index (χ1n) is 8.23. The van der Waals surface area contributed by atoms with Crippen LogP contribution < -0.4 is 5.69 Å². The molecule has 3 aromatic rings. The third-order valence-corrected chi connectivity index (χ3v) is 4.96. The Balaban J connectivity index is 1.60. The van der Waals surface area contributed by atoms with Crippen molar-refractivity contribution >= 4 is 23.2 Å². The van der Waals surface area contributed by atoms with Crippen molar-refractivity contribution in [2.24, 2.45) is 0 Å². The fraction of sp³-hybridized carbons (Fsp3) is 0.278. The summed E-state index contributed by atoms with van der Waals surface area (Å²) in [6.07, 6.45) is 3.44. The SMILES string of the molecule is O=C(Cn1nc2ccccn2c1=O)N1CCCC1c1ccccc1Cl. The van der Waals surface area contributed by atoms with Crippen LogP contribution in [0.5, 0.6) is 0 Å². The maximum absolute atomic E-state index is 12.8. The number of nitrogens with zero attached hydrogens (tertiary/aromatic N) is 4. The average molecular weight is 357 g/mol. The topological polar surface area (TPSA) is 59.6 Å². The van der Waals surface area contributed by atoms with Gasteiger partial charge in [0.2, 0.25) is 5.91 Å². The Morgan fingerprint density at radius 2 is 2.00 bits per heavy atom. The highest BCUT2D eigenvalue weighted by atomic mass is 35.5. The van der Waals surface area contributed by atoms with Crippen molar-refractivity contribution < 1.29 is 4.79 Å². The van der Waals surface area contributed by atoms with Crippen LogP contribution >= 0.6 is 11.6 Å². The molecule has 0 spiro atoms. The zero-order chi connectivity index (χ0) is 17.4. The van der Waals surface area contributed by atoms with E-state index in [1.807, 2.05) is 30.3 Å². The first-order valence-corrected chi connectivity index (χ1v) is 8.61. The number of pyridine rings is 1. The first kappa shape index (κ1) is 15.9. The van der Waals surface area contributed by atoms with Crippen LogP contribution in [0.15, 0.2) is 53.5 Å². The summed E-state index contributed by atoms with van der Waals surface area (Å²) >= 11 is 6.30. The van der Waals surface area contributed by atoms with Gasteiger partial charge in [0.1, 0.15) is 6.54 Å². The molecule has 0 N–H and O–H groups in total. The van der Waals surface area contributed by atoms with E-state index in [2.05, 4.69) is 5.10 Å². The summed E-state index contributed by atoms with van der Waals surface area (Å²) in [7, 11) is 0. The highest BCUT2D eigenvalue weighted by Gasteiger charge is 2.31. The van der Waals surface area contributed by atoms with Crippen molar-refractivity contribution in [3.63, 3.8) is 0 Å². The predicted octanol–water partition coefficient (Wildman–Crippen LogP) is 2.51. The molecule has 128 valence electrons. The molecule has 1 unspecified atom stereocenters. The van der Waals surface area contributed by atoms with Crippen LogP contribution in [0, 0.1) is 0 Å². The molecule has 3 heterocycles. The lowest BCUT2D eigenvalue weighted by Crippen LogP contribution is -2.36. The van der Waals surface area contributed by atoms with Gasteiger partial charge in [-0.25, -0.2) is 9.48 Å². The van der Waals surface area contributed by atoms with Gasteiger partial charge in [0, 0.05) is 17.8 Å². The summed E-state index contributed by atoms with van der Waals surface area (Å²) in [4.78, 5) is 27.0. The summed E-state index contributed by atoms with van der Waals surface area (Å²) in [5, 5.41) is 4.90. The summed E-state index contributed by atoms with van der Waals surface area (Å²) in [6, 6.07) is 12.9. The largest absolute Gasteiger partial charge is 0.350 e. The van der Waals surface area contributed by atoms with Gasteiger partial charge in [0.15, 0.2) is 5.65 Å². The fourth-order valence-electron chi connectivity index (χ4n) is 3.42. The Bertz CT molecular complexity index is 994. The van der Waals surface area contributed by atoms with Gasteiger partial charge in [0.25, 0.3) is 0 Å². The molecule has 0 aliphatic carbocycles. The molecule has 1 aliphatic heterocycles. The van der Waals surface area contributed by atoms with Crippen molar-refractivity contribution in [1.82, 2.24) is 19.1 Å². The molecular weight excluding hydrogens is 340 g/mol. The van der Waals surface area contributed by atoms with Crippen LogP contribution in [0.4, 0.5) is 0 Å². The van der Waals surface area contributed by atoms with Gasteiger partial charge in [-0.05, 0) is 36.6 Å². The van der Waals surface area contributed by atoms with Crippen LogP contribution in [0.1, 0.15) is 24.4 Å². The van der Waals surface area contributed by atoms with E-state index in [-0.39, 0.29) is 24.2 Å². The normalized spacial score (nSPS) is 17.3. The summed E-state index contributed by atoms with van der Waals surface area (Å²) in [6.45, 7) is 0.596. The molecule has 1 saturated heterocycles. The second-order valence-corrected chi connectivity index (χ2v) is 6.54. The molecule has 7 heteroatoms. The summed E-state index contributed by atoms with van der Waals surface area (Å²) < 4.78 is 2.66. The maximum Gasteiger partial charge on any atom is 0.350 e. The van der Waals surface area contributed by atoms with E-state index in [1.54, 1.807) is 23.2 Å². The van der Waals surface area contributed by atoms with Crippen molar-refractivity contribution in [2.75, 3.05) is 6.54 Å². The van der Waals surface area contributed by atoms with E-state index in [9.17, 15) is 9.59 Å². The van der Waals surface area contributed by atoms with E-state index in [0.717, 1.165) is 18.4 Å². The third-order valence-electron chi connectivity index (χ3n) is 4.61. The van der Waals surface area contributed by atoms with Gasteiger partial charge >= 0.3 is 5.69 Å². The molecule has 2 aromatic heterocycles. The first-order chi connectivity index (χ1) is 12.1. The quantitative estimate of drug-likeness (QED) is 0.724. The van der Waals surface area contributed by atoms with E-state index in [4.69, 9.17) is 11.6 Å². The Kier molecular flexibility index (Phi) is 4.05. The molecule has 4 rings (SSSR count). The van der Waals surface area contributed by atoms with Crippen LogP contribution in [-0.2, 0) is 11.3 Å². The fourth-order valence-corrected chi connectivity index (χ4v) is 3.69. The molecule has 25 heavy (non-hydrogen) atoms. The number of hydrogen-bond donors (Lipinski definition) is 0. The van der Waals surface area contributed by atoms with Crippen molar-refractivity contribution in [3.05, 3.63) is 69.7 Å². The van der Waals surface area contributed by atoms with Gasteiger partial charge in [0.05, 0.1) is 6.04 Å². The number of rotatable bonds is 3. The minimum Gasteiger partial charge on any atom is -0.334 e. The molecule has 1 amide bonds. The molecule has 1 fully saturated rings. The second-order valence-electron chi connectivity index (χ2n) is 6.14. The molecule has 1 aromatic carbocycles. The standard InChI is InChI=1S/C18H17ClN4O2/c19-14-7-2-1-6-13(14)15-8-5-11-21(15)17(24)12-23-18(25)22-10-4-3-9-16(22)20-23/h1-4,6-7,9-10,15H,5,8,11-12H2. The van der Waals surface area contributed by atoms with E-state index < -0.39 is 0 Å². The number of carbonyl (C=O) groups excluding carboxylic acids is 1. The van der Waals surface area contributed by atoms with Gasteiger partial charge in [-0.15, -0.1) is 5.10 Å². The molecule has 0 bridgehead atoms. The molecule has 1 atom stereocenters. The van der Waals surface area contributed by atoms with Crippen LogP contribution in [0.25, 0.3) is 5.65 Å². The van der Waals surface area contributed by atoms with Crippen molar-refractivity contribution in [2.45, 2.75) is 25.4 Å². The minimum atomic E-state index is -0.308. The van der Waals surface area contributed by atoms with Crippen molar-refractivity contribution in [3.8, 4) is 0 Å². The Labute approximate surface area is 149 Å². The Hall–Kier alpha value is -2.60.